The molecule has 0 saturated carbocycles. The van der Waals surface area contributed by atoms with Crippen LogP contribution < -0.4 is 0 Å². The highest BCUT2D eigenvalue weighted by Gasteiger charge is 2.38. The van der Waals surface area contributed by atoms with Gasteiger partial charge in [0.25, 0.3) is 6.43 Å². The summed E-state index contributed by atoms with van der Waals surface area (Å²) in [5, 5.41) is 0. The lowest BCUT2D eigenvalue weighted by atomic mass is 10.2. The van der Waals surface area contributed by atoms with Crippen molar-refractivity contribution in [3.05, 3.63) is 26.8 Å². The SMILES string of the molecule is Fc1c(C(F)(F)F)ncc(C(F)F)c1I. The third-order valence-electron chi connectivity index (χ3n) is 1.49. The van der Waals surface area contributed by atoms with Crippen LogP contribution in [0.25, 0.3) is 0 Å². The highest BCUT2D eigenvalue weighted by atomic mass is 127. The molecule has 1 rings (SSSR count). The number of halogens is 7. The zero-order chi connectivity index (χ0) is 11.8. The maximum absolute atomic E-state index is 13.0. The van der Waals surface area contributed by atoms with Crippen molar-refractivity contribution in [2.45, 2.75) is 12.6 Å². The van der Waals surface area contributed by atoms with Crippen molar-refractivity contribution < 1.29 is 26.3 Å². The molecule has 1 aromatic rings. The molecular formula is C7H2F6IN. The van der Waals surface area contributed by atoms with E-state index in [-0.39, 0.29) is 0 Å². The lowest BCUT2D eigenvalue weighted by Crippen LogP contribution is -2.13. The summed E-state index contributed by atoms with van der Waals surface area (Å²) >= 11 is 1.09. The Bertz CT molecular complexity index is 374. The second-order valence-corrected chi connectivity index (χ2v) is 3.57. The smallest absolute Gasteiger partial charge is 0.248 e. The molecule has 8 heteroatoms. The summed E-state index contributed by atoms with van der Waals surface area (Å²) < 4.78 is 72.7. The Labute approximate surface area is 93.6 Å². The molecule has 1 heterocycles. The van der Waals surface area contributed by atoms with Crippen molar-refractivity contribution in [1.29, 1.82) is 0 Å². The molecule has 0 aromatic carbocycles. The molecule has 0 spiro atoms. The fourth-order valence-corrected chi connectivity index (χ4v) is 1.46. The van der Waals surface area contributed by atoms with Gasteiger partial charge in [-0.05, 0) is 22.6 Å². The van der Waals surface area contributed by atoms with Crippen molar-refractivity contribution in [3.8, 4) is 0 Å². The molecule has 84 valence electrons. The van der Waals surface area contributed by atoms with Crippen LogP contribution in [-0.2, 0) is 6.18 Å². The highest BCUT2D eigenvalue weighted by Crippen LogP contribution is 2.34. The van der Waals surface area contributed by atoms with E-state index in [2.05, 4.69) is 4.98 Å². The van der Waals surface area contributed by atoms with E-state index in [9.17, 15) is 26.3 Å². The Morgan fingerprint density at radius 1 is 1.27 bits per heavy atom. The molecule has 0 aliphatic carbocycles. The normalized spacial score (nSPS) is 12.3. The summed E-state index contributed by atoms with van der Waals surface area (Å²) in [5.41, 5.74) is -2.63. The molecule has 0 aliphatic rings. The van der Waals surface area contributed by atoms with Gasteiger partial charge in [0.15, 0.2) is 11.5 Å². The molecule has 1 aromatic heterocycles. The van der Waals surface area contributed by atoms with E-state index in [0.717, 1.165) is 22.6 Å². The minimum atomic E-state index is -4.98. The van der Waals surface area contributed by atoms with Crippen LogP contribution in [0.3, 0.4) is 0 Å². The molecular weight excluding hydrogens is 339 g/mol. The van der Waals surface area contributed by atoms with Gasteiger partial charge in [0.05, 0.1) is 9.13 Å². The Morgan fingerprint density at radius 2 is 1.80 bits per heavy atom. The van der Waals surface area contributed by atoms with Gasteiger partial charge in [-0.15, -0.1) is 0 Å². The summed E-state index contributed by atoms with van der Waals surface area (Å²) in [7, 11) is 0. The number of rotatable bonds is 1. The van der Waals surface area contributed by atoms with Gasteiger partial charge in [-0.3, -0.25) is 0 Å². The van der Waals surface area contributed by atoms with Gasteiger partial charge in [-0.2, -0.15) is 13.2 Å². The maximum Gasteiger partial charge on any atom is 0.436 e. The molecule has 0 fully saturated rings. The third kappa shape index (κ3) is 2.52. The summed E-state index contributed by atoms with van der Waals surface area (Å²) in [6, 6.07) is 0. The number of hydrogen-bond donors (Lipinski definition) is 0. The first kappa shape index (κ1) is 12.5. The Balaban J connectivity index is 3.34. The predicted octanol–water partition coefficient (Wildman–Crippen LogP) is 3.78. The Kier molecular flexibility index (Phi) is 3.46. The van der Waals surface area contributed by atoms with E-state index in [1.807, 2.05) is 0 Å². The largest absolute Gasteiger partial charge is 0.436 e. The zero-order valence-electron chi connectivity index (χ0n) is 6.75. The molecule has 0 bridgehead atoms. The van der Waals surface area contributed by atoms with Crippen LogP contribution >= 0.6 is 22.6 Å². The zero-order valence-corrected chi connectivity index (χ0v) is 8.91. The van der Waals surface area contributed by atoms with Crippen molar-refractivity contribution in [2.75, 3.05) is 0 Å². The van der Waals surface area contributed by atoms with Crippen LogP contribution in [-0.4, -0.2) is 4.98 Å². The number of pyridine rings is 1. The monoisotopic (exact) mass is 341 g/mol. The fraction of sp³-hybridized carbons (Fsp3) is 0.286. The highest BCUT2D eigenvalue weighted by molar-refractivity contribution is 14.1. The van der Waals surface area contributed by atoms with E-state index in [1.165, 1.54) is 0 Å². The first-order valence-electron chi connectivity index (χ1n) is 3.44. The summed E-state index contributed by atoms with van der Waals surface area (Å²) in [4.78, 5) is 2.65. The van der Waals surface area contributed by atoms with Gasteiger partial charge >= 0.3 is 6.18 Å². The molecule has 0 N–H and O–H groups in total. The van der Waals surface area contributed by atoms with E-state index < -0.39 is 33.2 Å². The van der Waals surface area contributed by atoms with Gasteiger partial charge in [-0.25, -0.2) is 18.2 Å². The van der Waals surface area contributed by atoms with Gasteiger partial charge in [0, 0.05) is 6.20 Å². The Hall–Kier alpha value is -0.540. The van der Waals surface area contributed by atoms with Crippen LogP contribution in [0.5, 0.6) is 0 Å². The molecule has 15 heavy (non-hydrogen) atoms. The molecule has 0 atom stereocenters. The van der Waals surface area contributed by atoms with E-state index in [4.69, 9.17) is 0 Å². The fourth-order valence-electron chi connectivity index (χ4n) is 0.828. The van der Waals surface area contributed by atoms with Gasteiger partial charge in [-0.1, -0.05) is 0 Å². The summed E-state index contributed by atoms with van der Waals surface area (Å²) in [6.45, 7) is 0. The number of aromatic nitrogens is 1. The van der Waals surface area contributed by atoms with E-state index in [1.54, 1.807) is 0 Å². The van der Waals surface area contributed by atoms with Crippen molar-refractivity contribution >= 4 is 22.6 Å². The molecule has 0 saturated heterocycles. The van der Waals surface area contributed by atoms with Crippen LogP contribution in [0.15, 0.2) is 6.20 Å². The molecule has 0 aliphatic heterocycles. The van der Waals surface area contributed by atoms with Crippen molar-refractivity contribution in [3.63, 3.8) is 0 Å². The van der Waals surface area contributed by atoms with Crippen molar-refractivity contribution in [2.24, 2.45) is 0 Å². The maximum atomic E-state index is 13.0. The number of hydrogen-bond acceptors (Lipinski definition) is 1. The van der Waals surface area contributed by atoms with E-state index >= 15 is 0 Å². The Morgan fingerprint density at radius 3 is 2.20 bits per heavy atom. The molecule has 1 nitrogen and oxygen atoms in total. The van der Waals surface area contributed by atoms with Gasteiger partial charge in [0.1, 0.15) is 0 Å². The second-order valence-electron chi connectivity index (χ2n) is 2.49. The van der Waals surface area contributed by atoms with Gasteiger partial charge < -0.3 is 0 Å². The minimum Gasteiger partial charge on any atom is -0.248 e. The van der Waals surface area contributed by atoms with Crippen LogP contribution in [0.1, 0.15) is 17.7 Å². The third-order valence-corrected chi connectivity index (χ3v) is 2.59. The first-order chi connectivity index (χ1) is 6.75. The summed E-state index contributed by atoms with van der Waals surface area (Å²) in [5.74, 6) is -1.76. The number of alkyl halides is 5. The first-order valence-corrected chi connectivity index (χ1v) is 4.52. The average molecular weight is 341 g/mol. The standard InChI is InChI=1S/C7H2F6IN/c8-3-4(14)2(6(9)10)1-15-5(3)7(11,12)13/h1,6H. The predicted molar refractivity (Wildman–Crippen MR) is 46.9 cm³/mol. The quantitative estimate of drug-likeness (QED) is 0.560. The van der Waals surface area contributed by atoms with Crippen molar-refractivity contribution in [1.82, 2.24) is 4.98 Å². The second kappa shape index (κ2) is 4.14. The lowest BCUT2D eigenvalue weighted by Gasteiger charge is -2.10. The summed E-state index contributed by atoms with van der Waals surface area (Å²) in [6.07, 6.45) is -7.70. The molecule has 0 unspecified atom stereocenters. The lowest BCUT2D eigenvalue weighted by molar-refractivity contribution is -0.143. The average Bonchev–Trinajstić information content (AvgIpc) is 2.06. The van der Waals surface area contributed by atoms with Crippen LogP contribution in [0, 0.1) is 9.39 Å². The van der Waals surface area contributed by atoms with Crippen LogP contribution in [0.2, 0.25) is 0 Å². The minimum absolute atomic E-state index is 0.332. The van der Waals surface area contributed by atoms with Gasteiger partial charge in [0.2, 0.25) is 0 Å². The van der Waals surface area contributed by atoms with Crippen LogP contribution in [0.4, 0.5) is 26.3 Å². The van der Waals surface area contributed by atoms with E-state index in [0.29, 0.717) is 6.20 Å². The molecule has 0 amide bonds. The number of nitrogens with zero attached hydrogens (tertiary/aromatic N) is 1. The topological polar surface area (TPSA) is 12.9 Å². The molecule has 0 radical (unpaired) electrons.